The van der Waals surface area contributed by atoms with E-state index in [0.717, 1.165) is 12.8 Å². The normalized spacial score (nSPS) is 23.5. The molecule has 0 radical (unpaired) electrons. The van der Waals surface area contributed by atoms with E-state index >= 15 is 0 Å². The molecule has 2 aliphatic rings. The average Bonchev–Trinajstić information content (AvgIpc) is 2.84. The molecule has 1 saturated heterocycles. The molecule has 4 unspecified atom stereocenters. The van der Waals surface area contributed by atoms with Crippen LogP contribution in [0.2, 0.25) is 0 Å². The van der Waals surface area contributed by atoms with Gasteiger partial charge in [-0.3, -0.25) is 4.99 Å². The Labute approximate surface area is 242 Å². The van der Waals surface area contributed by atoms with Crippen molar-refractivity contribution in [1.29, 1.82) is 0 Å². The summed E-state index contributed by atoms with van der Waals surface area (Å²) >= 11 is -1.92. The summed E-state index contributed by atoms with van der Waals surface area (Å²) in [7, 11) is 14.9. The first-order valence-electron chi connectivity index (χ1n) is 13.6. The number of rotatable bonds is 6. The van der Waals surface area contributed by atoms with Gasteiger partial charge in [0.25, 0.3) is 0 Å². The molecular weight excluding hydrogens is 557 g/mol. The molecule has 203 valence electrons. The number of halogens is 3. The van der Waals surface area contributed by atoms with Gasteiger partial charge in [0.1, 0.15) is 0 Å². The molecule has 1 aliphatic carbocycles. The van der Waals surface area contributed by atoms with Crippen LogP contribution < -0.4 is 0 Å². The van der Waals surface area contributed by atoms with E-state index in [1.807, 2.05) is 0 Å². The summed E-state index contributed by atoms with van der Waals surface area (Å²) in [4.78, 5) is 5.10. The van der Waals surface area contributed by atoms with Crippen LogP contribution in [0, 0.1) is 19.8 Å². The van der Waals surface area contributed by atoms with Crippen LogP contribution in [0.1, 0.15) is 93.9 Å². The third kappa shape index (κ3) is 8.72. The van der Waals surface area contributed by atoms with Crippen molar-refractivity contribution >= 4 is 45.5 Å². The summed E-state index contributed by atoms with van der Waals surface area (Å²) in [6.07, 6.45) is 8.22. The van der Waals surface area contributed by atoms with Gasteiger partial charge >= 0.3 is 42.6 Å². The Morgan fingerprint density at radius 2 is 1.46 bits per heavy atom. The van der Waals surface area contributed by atoms with Gasteiger partial charge < -0.3 is 10.6 Å². The fraction of sp³-hybridized carbons (Fsp3) is 0.567. The summed E-state index contributed by atoms with van der Waals surface area (Å²) in [5.74, 6) is 1.60. The Morgan fingerprint density at radius 1 is 0.892 bits per heavy atom. The summed E-state index contributed by atoms with van der Waals surface area (Å²) in [6, 6.07) is 14.0. The van der Waals surface area contributed by atoms with Crippen molar-refractivity contribution in [2.24, 2.45) is 10.9 Å². The molecule has 0 bridgehead atoms. The Morgan fingerprint density at radius 3 is 2.03 bits per heavy atom. The molecule has 2 fully saturated rings. The molecule has 1 saturated carbocycles. The summed E-state index contributed by atoms with van der Waals surface area (Å²) in [6.45, 7) is 13.4. The average molecular weight is 598 g/mol. The molecule has 0 aromatic heterocycles. The van der Waals surface area contributed by atoms with E-state index in [9.17, 15) is 0 Å². The Kier molecular flexibility index (Phi) is 12.3. The van der Waals surface area contributed by atoms with E-state index in [-0.39, 0.29) is 6.04 Å². The maximum atomic E-state index is 5.36. The number of benzene rings is 2. The van der Waals surface area contributed by atoms with E-state index in [4.69, 9.17) is 43.5 Å². The number of fused-ring (bicyclic) bond motifs is 1. The number of piperidine rings is 1. The first-order chi connectivity index (χ1) is 17.6. The minimum atomic E-state index is -1.92. The van der Waals surface area contributed by atoms with Gasteiger partial charge in [-0.2, -0.15) is 0 Å². The van der Waals surface area contributed by atoms with Crippen LogP contribution in [0.3, 0.4) is 0 Å². The molecule has 1 aliphatic heterocycles. The van der Waals surface area contributed by atoms with Crippen LogP contribution in [-0.2, 0) is 14.7 Å². The van der Waals surface area contributed by atoms with Gasteiger partial charge in [0, 0.05) is 0 Å². The Hall–Kier alpha value is -0.546. The molecule has 2 aromatic rings. The molecule has 0 amide bonds. The third-order valence-electron chi connectivity index (χ3n) is 7.60. The molecule has 7 heteroatoms. The molecule has 3 nitrogen and oxygen atoms in total. The second-order valence-corrected chi connectivity index (χ2v) is 18.7. The zero-order valence-electron chi connectivity index (χ0n) is 23.0. The van der Waals surface area contributed by atoms with Crippen molar-refractivity contribution in [2.75, 3.05) is 0 Å². The zero-order chi connectivity index (χ0) is 27.1. The molecule has 0 N–H and O–H groups in total. The van der Waals surface area contributed by atoms with Crippen molar-refractivity contribution in [2.45, 2.75) is 104 Å². The molecule has 4 rings (SSSR count). The first kappa shape index (κ1) is 31.0. The molecule has 0 spiro atoms. The van der Waals surface area contributed by atoms with Gasteiger partial charge in [0.05, 0.1) is 5.69 Å². The summed E-state index contributed by atoms with van der Waals surface area (Å²) in [5, 5.41) is 10.7. The van der Waals surface area contributed by atoms with Crippen LogP contribution in [0.25, 0.3) is 10.6 Å². The first-order valence-corrected chi connectivity index (χ1v) is 20.0. The standard InChI is InChI=1S/C30H41N3.3ClH.Ti/c1-19(2)25-13-9-14-26(20(3)4)30(25)31-18-24-17-16-23-12-8-15-27(29(23)32-24)33-28-21(5)10-7-11-22(28)6;;;;/h7,9-11,13-14,18-20,23-24,27,29H,8,12,15-17H2,1-6H3;3*1H;/q-2;;;;+3/p-3. The van der Waals surface area contributed by atoms with E-state index < -0.39 is 14.7 Å². The van der Waals surface area contributed by atoms with Crippen LogP contribution in [0.15, 0.2) is 41.4 Å². The van der Waals surface area contributed by atoms with Gasteiger partial charge in [-0.15, -0.1) is 17.8 Å². The van der Waals surface area contributed by atoms with Gasteiger partial charge in [0.2, 0.25) is 0 Å². The molecule has 2 aromatic carbocycles. The van der Waals surface area contributed by atoms with Crippen LogP contribution in [0.4, 0.5) is 11.4 Å². The quantitative estimate of drug-likeness (QED) is 0.235. The van der Waals surface area contributed by atoms with E-state index in [1.165, 1.54) is 52.9 Å². The second-order valence-electron chi connectivity index (χ2n) is 11.0. The van der Waals surface area contributed by atoms with E-state index in [0.29, 0.717) is 29.8 Å². The van der Waals surface area contributed by atoms with Crippen molar-refractivity contribution in [3.05, 3.63) is 69.3 Å². The number of hydrogen-bond donors (Lipinski definition) is 0. The number of aryl methyl sites for hydroxylation is 2. The van der Waals surface area contributed by atoms with Gasteiger partial charge in [-0.05, 0) is 43.0 Å². The van der Waals surface area contributed by atoms with Crippen molar-refractivity contribution in [3.8, 4) is 0 Å². The van der Waals surface area contributed by atoms with E-state index in [2.05, 4.69) is 84.2 Å². The van der Waals surface area contributed by atoms with Gasteiger partial charge in [-0.25, -0.2) is 0 Å². The predicted octanol–water partition coefficient (Wildman–Crippen LogP) is 11.1. The number of nitrogens with zero attached hydrogens (tertiary/aromatic N) is 3. The molecular formula is C30H41Cl3N3Ti-2. The monoisotopic (exact) mass is 596 g/mol. The Balaban J connectivity index is 0.000000886. The van der Waals surface area contributed by atoms with Crippen LogP contribution >= 0.6 is 27.9 Å². The molecule has 1 heterocycles. The predicted molar refractivity (Wildman–Crippen MR) is 161 cm³/mol. The zero-order valence-corrected chi connectivity index (χ0v) is 26.8. The van der Waals surface area contributed by atoms with Crippen molar-refractivity contribution in [3.63, 3.8) is 0 Å². The minimum absolute atomic E-state index is 0.195. The van der Waals surface area contributed by atoms with Crippen LogP contribution in [0.5, 0.6) is 0 Å². The maximum absolute atomic E-state index is 5.36. The Bertz CT molecular complexity index is 991. The second kappa shape index (κ2) is 14.7. The third-order valence-corrected chi connectivity index (χ3v) is 7.60. The van der Waals surface area contributed by atoms with Crippen molar-refractivity contribution in [1.82, 2.24) is 0 Å². The topological polar surface area (TPSA) is 40.6 Å². The SMILES string of the molecule is Cc1cccc(C)c1[N-]C1CCCC2CCC(C=Nc3c(C(C)C)cccc3C(C)C)[N-]C21.[Cl][Ti]([Cl])[Cl]. The van der Waals surface area contributed by atoms with Gasteiger partial charge in [0.15, 0.2) is 0 Å². The number of para-hydroxylation sites is 2. The summed E-state index contributed by atoms with van der Waals surface area (Å²) in [5.41, 5.74) is 7.58. The van der Waals surface area contributed by atoms with Gasteiger partial charge in [-0.1, -0.05) is 119 Å². The number of aliphatic imine (C=N–C) groups is 1. The fourth-order valence-electron chi connectivity index (χ4n) is 5.71. The molecule has 4 atom stereocenters. The van der Waals surface area contributed by atoms with Crippen molar-refractivity contribution < 1.29 is 14.7 Å². The van der Waals surface area contributed by atoms with Crippen LogP contribution in [-0.4, -0.2) is 24.3 Å². The fourth-order valence-corrected chi connectivity index (χ4v) is 5.71. The summed E-state index contributed by atoms with van der Waals surface area (Å²) < 4.78 is 0. The van der Waals surface area contributed by atoms with E-state index in [1.54, 1.807) is 0 Å². The molecule has 37 heavy (non-hydrogen) atoms. The number of hydrogen-bond acceptors (Lipinski definition) is 1.